The van der Waals surface area contributed by atoms with E-state index < -0.39 is 0 Å². The molecule has 0 aliphatic carbocycles. The average molecular weight is 602 g/mol. The second-order valence-electron chi connectivity index (χ2n) is 8.16. The van der Waals surface area contributed by atoms with Crippen LogP contribution in [-0.2, 0) is 4.79 Å². The molecule has 4 nitrogen and oxygen atoms in total. The fraction of sp³-hybridized carbons (Fsp3) is 0.417. The van der Waals surface area contributed by atoms with E-state index in [1.54, 1.807) is 6.07 Å². The minimum atomic E-state index is -0.360. The van der Waals surface area contributed by atoms with E-state index in [1.807, 2.05) is 23.9 Å². The van der Waals surface area contributed by atoms with Crippen LogP contribution < -0.4 is 4.90 Å². The van der Waals surface area contributed by atoms with Gasteiger partial charge >= 0.3 is 0 Å². The minimum absolute atomic E-state index is 0.0175. The molecule has 3 unspecified atom stereocenters. The number of carbonyl (C=O) groups is 1. The molecule has 170 valence electrons. The Balaban J connectivity index is 1.48. The number of carbonyl (C=O) groups excluding carboxylic acids is 1. The van der Waals surface area contributed by atoms with Crippen molar-refractivity contribution < 1.29 is 4.79 Å². The Hall–Kier alpha value is -0.800. The van der Waals surface area contributed by atoms with Crippen LogP contribution in [0.3, 0.4) is 0 Å². The topological polar surface area (TPSA) is 35.9 Å². The van der Waals surface area contributed by atoms with E-state index in [-0.39, 0.29) is 12.3 Å². The second kappa shape index (κ2) is 11.1. The lowest BCUT2D eigenvalue weighted by Gasteiger charge is -2.29. The van der Waals surface area contributed by atoms with Crippen LogP contribution in [0.1, 0.15) is 37.7 Å². The Morgan fingerprint density at radius 3 is 2.56 bits per heavy atom. The van der Waals surface area contributed by atoms with E-state index in [9.17, 15) is 4.79 Å². The minimum Gasteiger partial charge on any atom is -0.348 e. The van der Waals surface area contributed by atoms with Crippen LogP contribution in [0.2, 0.25) is 10.0 Å². The molecule has 2 aliphatic rings. The first-order valence-electron chi connectivity index (χ1n) is 10.9. The molecule has 0 aromatic heterocycles. The third-order valence-electron chi connectivity index (χ3n) is 6.03. The summed E-state index contributed by atoms with van der Waals surface area (Å²) in [6, 6.07) is 14.3. The number of halogens is 3. The van der Waals surface area contributed by atoms with Gasteiger partial charge in [0.15, 0.2) is 6.29 Å². The fourth-order valence-corrected chi connectivity index (χ4v) is 6.50. The molecule has 0 radical (unpaired) electrons. The summed E-state index contributed by atoms with van der Waals surface area (Å²) < 4.78 is 1.26. The van der Waals surface area contributed by atoms with Crippen LogP contribution in [0, 0.1) is 3.57 Å². The zero-order valence-corrected chi connectivity index (χ0v) is 22.4. The lowest BCUT2D eigenvalue weighted by atomic mass is 9.92. The lowest BCUT2D eigenvalue weighted by Crippen LogP contribution is -2.45. The predicted octanol–water partition coefficient (Wildman–Crippen LogP) is 6.69. The average Bonchev–Trinajstić information content (AvgIpc) is 3.40. The number of hydrogen-bond donors (Lipinski definition) is 0. The molecule has 2 aromatic rings. The van der Waals surface area contributed by atoms with Crippen molar-refractivity contribution in [3.8, 4) is 0 Å². The van der Waals surface area contributed by atoms with Gasteiger partial charge in [0.25, 0.3) is 0 Å². The van der Waals surface area contributed by atoms with Gasteiger partial charge in [0, 0.05) is 44.6 Å². The molecule has 2 heterocycles. The molecule has 0 N–H and O–H groups in total. The highest BCUT2D eigenvalue weighted by atomic mass is 127. The van der Waals surface area contributed by atoms with Gasteiger partial charge < -0.3 is 4.90 Å². The molecule has 4 rings (SSSR count). The highest BCUT2D eigenvalue weighted by Gasteiger charge is 2.38. The fourth-order valence-electron chi connectivity index (χ4n) is 4.50. The molecule has 0 amide bonds. The number of benzene rings is 2. The number of nitrogens with zero attached hydrogens (tertiary/aromatic N) is 3. The van der Waals surface area contributed by atoms with Gasteiger partial charge in [-0.05, 0) is 70.8 Å². The highest BCUT2D eigenvalue weighted by Crippen LogP contribution is 2.35. The largest absolute Gasteiger partial charge is 0.348 e. The van der Waals surface area contributed by atoms with Gasteiger partial charge in [-0.3, -0.25) is 14.7 Å². The molecule has 8 heteroatoms. The summed E-state index contributed by atoms with van der Waals surface area (Å²) in [5.41, 5.74) is 2.26. The predicted molar refractivity (Wildman–Crippen MR) is 145 cm³/mol. The summed E-state index contributed by atoms with van der Waals surface area (Å²) in [6.45, 7) is 3.76. The number of hydrogen-bond acceptors (Lipinski definition) is 5. The molecule has 3 atom stereocenters. The van der Waals surface area contributed by atoms with Crippen LogP contribution in [0.25, 0.3) is 0 Å². The molecular weight excluding hydrogens is 576 g/mol. The summed E-state index contributed by atoms with van der Waals surface area (Å²) >= 11 is 16.6. The normalized spacial score (nSPS) is 22.2. The lowest BCUT2D eigenvalue weighted by molar-refractivity contribution is -0.111. The van der Waals surface area contributed by atoms with Crippen LogP contribution >= 0.6 is 57.6 Å². The van der Waals surface area contributed by atoms with Crippen molar-refractivity contribution in [1.82, 2.24) is 4.90 Å². The number of aliphatic imine (C=N–C) groups is 1. The van der Waals surface area contributed by atoms with Gasteiger partial charge in [0.05, 0.1) is 5.04 Å². The SMILES string of the molecule is CCCC(CC1=NC(N2CCN(c3cc(Cl)cc(Cl)c3)C2C=O)CS1)c1ccc(I)cc1. The molecule has 1 saturated heterocycles. The first-order valence-corrected chi connectivity index (χ1v) is 13.7. The molecule has 2 aromatic carbocycles. The maximum Gasteiger partial charge on any atom is 0.157 e. The van der Waals surface area contributed by atoms with E-state index in [0.29, 0.717) is 16.0 Å². The van der Waals surface area contributed by atoms with Crippen LogP contribution in [0.15, 0.2) is 47.5 Å². The third kappa shape index (κ3) is 5.63. The maximum atomic E-state index is 12.1. The van der Waals surface area contributed by atoms with Gasteiger partial charge in [-0.2, -0.15) is 0 Å². The maximum absolute atomic E-state index is 12.1. The van der Waals surface area contributed by atoms with E-state index in [2.05, 4.69) is 63.6 Å². The van der Waals surface area contributed by atoms with Crippen LogP contribution in [0.4, 0.5) is 5.69 Å². The Labute approximate surface area is 217 Å². The summed E-state index contributed by atoms with van der Waals surface area (Å²) in [5, 5.41) is 2.34. The zero-order chi connectivity index (χ0) is 22.7. The molecule has 32 heavy (non-hydrogen) atoms. The summed E-state index contributed by atoms with van der Waals surface area (Å²) in [6.07, 6.45) is 3.92. The van der Waals surface area contributed by atoms with Crippen molar-refractivity contribution >= 4 is 74.6 Å². The van der Waals surface area contributed by atoms with E-state index >= 15 is 0 Å². The second-order valence-corrected chi connectivity index (χ2v) is 11.4. The first kappa shape index (κ1) is 24.3. The van der Waals surface area contributed by atoms with Gasteiger partial charge in [-0.25, -0.2) is 0 Å². The third-order valence-corrected chi connectivity index (χ3v) is 8.26. The molecule has 0 spiro atoms. The summed E-state index contributed by atoms with van der Waals surface area (Å²) in [7, 11) is 0. The summed E-state index contributed by atoms with van der Waals surface area (Å²) in [4.78, 5) is 21.4. The number of anilines is 1. The zero-order valence-electron chi connectivity index (χ0n) is 17.9. The van der Waals surface area contributed by atoms with Gasteiger partial charge in [0.1, 0.15) is 12.3 Å². The Morgan fingerprint density at radius 2 is 1.91 bits per heavy atom. The smallest absolute Gasteiger partial charge is 0.157 e. The first-order chi connectivity index (χ1) is 15.5. The van der Waals surface area contributed by atoms with Crippen molar-refractivity contribution in [3.05, 3.63) is 61.6 Å². The van der Waals surface area contributed by atoms with Crippen LogP contribution in [-0.4, -0.2) is 47.4 Å². The molecule has 1 fully saturated rings. The Kier molecular flexibility index (Phi) is 8.43. The Morgan fingerprint density at radius 1 is 1.19 bits per heavy atom. The number of thioether (sulfide) groups is 1. The van der Waals surface area contributed by atoms with Crippen molar-refractivity contribution in [2.75, 3.05) is 23.7 Å². The van der Waals surface area contributed by atoms with E-state index in [4.69, 9.17) is 28.2 Å². The Bertz CT molecular complexity index is 967. The standard InChI is InChI=1S/C24H26Cl2IN3OS/c1-2-3-17(16-4-6-20(27)7-5-16)10-23-28-22(15-32-23)30-9-8-29(24(30)14-31)21-12-18(25)11-19(26)13-21/h4-7,11-14,17,22,24H,2-3,8-10,15H2,1H3. The van der Waals surface area contributed by atoms with Crippen molar-refractivity contribution in [2.45, 2.75) is 44.4 Å². The van der Waals surface area contributed by atoms with Crippen molar-refractivity contribution in [2.24, 2.45) is 4.99 Å². The van der Waals surface area contributed by atoms with Crippen molar-refractivity contribution in [1.29, 1.82) is 0 Å². The van der Waals surface area contributed by atoms with Gasteiger partial charge in [-0.1, -0.05) is 48.7 Å². The molecular formula is C24H26Cl2IN3OS. The molecule has 0 saturated carbocycles. The molecule has 0 bridgehead atoms. The van der Waals surface area contributed by atoms with Gasteiger partial charge in [0.2, 0.25) is 0 Å². The van der Waals surface area contributed by atoms with Crippen molar-refractivity contribution in [3.63, 3.8) is 0 Å². The van der Waals surface area contributed by atoms with Crippen LogP contribution in [0.5, 0.6) is 0 Å². The van der Waals surface area contributed by atoms with Gasteiger partial charge in [-0.15, -0.1) is 11.8 Å². The monoisotopic (exact) mass is 601 g/mol. The quantitative estimate of drug-likeness (QED) is 0.249. The number of rotatable bonds is 8. The van der Waals surface area contributed by atoms with E-state index in [1.165, 1.54) is 14.2 Å². The number of aldehydes is 1. The van der Waals surface area contributed by atoms with E-state index in [0.717, 1.165) is 50.1 Å². The molecule has 2 aliphatic heterocycles. The summed E-state index contributed by atoms with van der Waals surface area (Å²) in [5.74, 6) is 1.36. The highest BCUT2D eigenvalue weighted by molar-refractivity contribution is 14.1.